The number of hydrogen-bond donors (Lipinski definition) is 1. The highest BCUT2D eigenvalue weighted by atomic mass is 32.1. The van der Waals surface area contributed by atoms with Crippen LogP contribution in [-0.4, -0.2) is 12.0 Å². The van der Waals surface area contributed by atoms with Gasteiger partial charge >= 0.3 is 0 Å². The Morgan fingerprint density at radius 1 is 1.44 bits per heavy atom. The highest BCUT2D eigenvalue weighted by Gasteiger charge is 2.14. The van der Waals surface area contributed by atoms with E-state index in [4.69, 9.17) is 0 Å². The maximum Gasteiger partial charge on any atom is 0.0794 e. The van der Waals surface area contributed by atoms with Crippen molar-refractivity contribution in [1.82, 2.24) is 10.3 Å². The minimum absolute atomic E-state index is 0.415. The zero-order chi connectivity index (χ0) is 11.5. The third-order valence-electron chi connectivity index (χ3n) is 2.77. The van der Waals surface area contributed by atoms with Crippen molar-refractivity contribution in [1.29, 1.82) is 0 Å². The maximum absolute atomic E-state index is 4.12. The molecule has 2 heterocycles. The van der Waals surface area contributed by atoms with Crippen LogP contribution in [-0.2, 0) is 6.42 Å². The van der Waals surface area contributed by atoms with Crippen LogP contribution < -0.4 is 5.32 Å². The van der Waals surface area contributed by atoms with E-state index in [1.165, 1.54) is 20.2 Å². The Morgan fingerprint density at radius 2 is 2.25 bits per heavy atom. The number of thiazole rings is 1. The summed E-state index contributed by atoms with van der Waals surface area (Å²) in [7, 11) is 2.02. The van der Waals surface area contributed by atoms with Gasteiger partial charge in [-0.15, -0.1) is 22.7 Å². The molecule has 0 bridgehead atoms. The summed E-state index contributed by atoms with van der Waals surface area (Å²) in [6.07, 6.45) is 2.99. The molecule has 0 spiro atoms. The van der Waals surface area contributed by atoms with Gasteiger partial charge in [0.25, 0.3) is 0 Å². The molecule has 0 amide bonds. The molecule has 2 rings (SSSR count). The molecular formula is C12H16N2S2. The van der Waals surface area contributed by atoms with Crippen LogP contribution in [0, 0.1) is 13.8 Å². The van der Waals surface area contributed by atoms with E-state index in [-0.39, 0.29) is 0 Å². The number of thiophene rings is 1. The van der Waals surface area contributed by atoms with Gasteiger partial charge in [-0.2, -0.15) is 0 Å². The summed E-state index contributed by atoms with van der Waals surface area (Å²) in [6, 6.07) is 2.71. The van der Waals surface area contributed by atoms with E-state index in [0.717, 1.165) is 6.42 Å². The topological polar surface area (TPSA) is 24.9 Å². The Hall–Kier alpha value is -0.710. The van der Waals surface area contributed by atoms with Gasteiger partial charge < -0.3 is 5.32 Å². The summed E-state index contributed by atoms with van der Waals surface area (Å²) in [6.45, 7) is 4.36. The molecule has 0 fully saturated rings. The Morgan fingerprint density at radius 3 is 2.75 bits per heavy atom. The van der Waals surface area contributed by atoms with E-state index in [2.05, 4.69) is 30.2 Å². The molecule has 0 aromatic carbocycles. The molecule has 0 saturated carbocycles. The Kier molecular flexibility index (Phi) is 3.74. The fraction of sp³-hybridized carbons (Fsp3) is 0.417. The Labute approximate surface area is 104 Å². The van der Waals surface area contributed by atoms with E-state index in [1.54, 1.807) is 11.3 Å². The van der Waals surface area contributed by atoms with Crippen molar-refractivity contribution in [2.75, 3.05) is 7.05 Å². The minimum Gasteiger partial charge on any atom is -0.312 e. The average Bonchev–Trinajstić information content (AvgIpc) is 2.86. The van der Waals surface area contributed by atoms with Gasteiger partial charge in [-0.1, -0.05) is 0 Å². The van der Waals surface area contributed by atoms with Gasteiger partial charge in [0.2, 0.25) is 0 Å². The van der Waals surface area contributed by atoms with Crippen LogP contribution in [0.2, 0.25) is 0 Å². The van der Waals surface area contributed by atoms with Crippen molar-refractivity contribution in [2.45, 2.75) is 26.3 Å². The fourth-order valence-corrected chi connectivity index (χ4v) is 3.46. The van der Waals surface area contributed by atoms with E-state index in [1.807, 2.05) is 30.1 Å². The lowest BCUT2D eigenvalue weighted by atomic mass is 10.1. The van der Waals surface area contributed by atoms with Crippen LogP contribution >= 0.6 is 22.7 Å². The van der Waals surface area contributed by atoms with Gasteiger partial charge in [0, 0.05) is 33.3 Å². The second kappa shape index (κ2) is 5.08. The zero-order valence-corrected chi connectivity index (χ0v) is 11.4. The molecule has 0 aliphatic heterocycles. The first kappa shape index (κ1) is 11.8. The summed E-state index contributed by atoms with van der Waals surface area (Å²) in [5, 5.41) is 3.39. The molecule has 0 saturated heterocycles. The molecule has 2 nitrogen and oxygen atoms in total. The van der Waals surface area contributed by atoms with Crippen molar-refractivity contribution in [3.05, 3.63) is 38.0 Å². The van der Waals surface area contributed by atoms with Gasteiger partial charge in [0.15, 0.2) is 0 Å². The molecule has 0 aliphatic carbocycles. The molecule has 2 aromatic rings. The van der Waals surface area contributed by atoms with Gasteiger partial charge in [-0.05, 0) is 32.5 Å². The molecule has 16 heavy (non-hydrogen) atoms. The van der Waals surface area contributed by atoms with Crippen LogP contribution in [0.5, 0.6) is 0 Å². The van der Waals surface area contributed by atoms with Crippen molar-refractivity contribution >= 4 is 22.7 Å². The standard InChI is InChI=1S/C12H16N2S2/c1-8-4-12(16-9(8)2)11(13-3)5-10-6-14-7-15-10/h4,6-7,11,13H,5H2,1-3H3. The van der Waals surface area contributed by atoms with Crippen LogP contribution in [0.3, 0.4) is 0 Å². The lowest BCUT2D eigenvalue weighted by Gasteiger charge is -2.12. The fourth-order valence-electron chi connectivity index (χ4n) is 1.66. The number of rotatable bonds is 4. The van der Waals surface area contributed by atoms with Crippen molar-refractivity contribution < 1.29 is 0 Å². The smallest absolute Gasteiger partial charge is 0.0794 e. The van der Waals surface area contributed by atoms with E-state index >= 15 is 0 Å². The average molecular weight is 252 g/mol. The number of aryl methyl sites for hydroxylation is 2. The molecule has 2 aromatic heterocycles. The maximum atomic E-state index is 4.12. The number of nitrogens with zero attached hydrogens (tertiary/aromatic N) is 1. The molecule has 1 unspecified atom stereocenters. The second-order valence-electron chi connectivity index (χ2n) is 3.90. The van der Waals surface area contributed by atoms with Gasteiger partial charge in [0.05, 0.1) is 5.51 Å². The zero-order valence-electron chi connectivity index (χ0n) is 9.78. The van der Waals surface area contributed by atoms with E-state index in [0.29, 0.717) is 6.04 Å². The Balaban J connectivity index is 2.16. The number of likely N-dealkylation sites (N-methyl/N-ethyl adjacent to an activating group) is 1. The van der Waals surface area contributed by atoms with Crippen LogP contribution in [0.1, 0.15) is 26.2 Å². The minimum atomic E-state index is 0.415. The van der Waals surface area contributed by atoms with Crippen molar-refractivity contribution in [3.63, 3.8) is 0 Å². The summed E-state index contributed by atoms with van der Waals surface area (Å²) in [5.74, 6) is 0. The Bertz CT molecular complexity index is 426. The van der Waals surface area contributed by atoms with Crippen LogP contribution in [0.4, 0.5) is 0 Å². The SMILES string of the molecule is CNC(Cc1cncs1)c1cc(C)c(C)s1. The summed E-state index contributed by atoms with van der Waals surface area (Å²) in [5.41, 5.74) is 3.29. The molecule has 86 valence electrons. The highest BCUT2D eigenvalue weighted by Crippen LogP contribution is 2.29. The number of aromatic nitrogens is 1. The normalized spacial score (nSPS) is 12.9. The van der Waals surface area contributed by atoms with Crippen molar-refractivity contribution in [2.24, 2.45) is 0 Å². The predicted molar refractivity (Wildman–Crippen MR) is 71.4 cm³/mol. The quantitative estimate of drug-likeness (QED) is 0.903. The summed E-state index contributed by atoms with van der Waals surface area (Å²) in [4.78, 5) is 8.29. The number of nitrogens with one attached hydrogen (secondary N) is 1. The first-order valence-electron chi connectivity index (χ1n) is 5.32. The van der Waals surface area contributed by atoms with Crippen LogP contribution in [0.15, 0.2) is 17.8 Å². The first-order valence-corrected chi connectivity index (χ1v) is 7.02. The molecule has 1 atom stereocenters. The van der Waals surface area contributed by atoms with Gasteiger partial charge in [-0.3, -0.25) is 4.98 Å². The van der Waals surface area contributed by atoms with Gasteiger partial charge in [0.1, 0.15) is 0 Å². The lowest BCUT2D eigenvalue weighted by Crippen LogP contribution is -2.17. The highest BCUT2D eigenvalue weighted by molar-refractivity contribution is 7.12. The molecular weight excluding hydrogens is 236 g/mol. The molecule has 0 radical (unpaired) electrons. The lowest BCUT2D eigenvalue weighted by molar-refractivity contribution is 0.606. The first-order chi connectivity index (χ1) is 7.70. The van der Waals surface area contributed by atoms with E-state index in [9.17, 15) is 0 Å². The van der Waals surface area contributed by atoms with Gasteiger partial charge in [-0.25, -0.2) is 0 Å². The monoisotopic (exact) mass is 252 g/mol. The second-order valence-corrected chi connectivity index (χ2v) is 6.16. The largest absolute Gasteiger partial charge is 0.312 e. The molecule has 0 aliphatic rings. The third kappa shape index (κ3) is 2.51. The summed E-state index contributed by atoms with van der Waals surface area (Å²) >= 11 is 3.62. The molecule has 4 heteroatoms. The number of hydrogen-bond acceptors (Lipinski definition) is 4. The summed E-state index contributed by atoms with van der Waals surface area (Å²) < 4.78 is 0. The third-order valence-corrected chi connectivity index (χ3v) is 4.83. The van der Waals surface area contributed by atoms with E-state index < -0.39 is 0 Å². The molecule has 1 N–H and O–H groups in total. The van der Waals surface area contributed by atoms with Crippen molar-refractivity contribution in [3.8, 4) is 0 Å². The van der Waals surface area contributed by atoms with Crippen LogP contribution in [0.25, 0.3) is 0 Å². The predicted octanol–water partition coefficient (Wildman–Crippen LogP) is 3.32.